The molecule has 7 nitrogen and oxygen atoms in total. The number of carbonyl (C=O) groups excluding carboxylic acids is 1. The van der Waals surface area contributed by atoms with Crippen LogP contribution in [0.5, 0.6) is 0 Å². The molecule has 0 unspecified atom stereocenters. The van der Waals surface area contributed by atoms with Gasteiger partial charge in [-0.25, -0.2) is 18.4 Å². The molecule has 2 N–H and O–H groups in total. The molecule has 25 heavy (non-hydrogen) atoms. The molecular formula is C17H18N4O3S. The molecule has 0 radical (unpaired) electrons. The van der Waals surface area contributed by atoms with Crippen molar-refractivity contribution in [3.05, 3.63) is 42.0 Å². The summed E-state index contributed by atoms with van der Waals surface area (Å²) in [4.78, 5) is 20.2. The SMILES string of the molecule is O=C1CCCc2cc(S(=O)(=O)Nc3cnc(C4CC4)nc3)ccc2N1. The normalized spacial score (nSPS) is 17.4. The van der Waals surface area contributed by atoms with Gasteiger partial charge in [-0.15, -0.1) is 0 Å². The van der Waals surface area contributed by atoms with Crippen LogP contribution in [0.3, 0.4) is 0 Å². The molecule has 0 spiro atoms. The second kappa shape index (κ2) is 6.11. The van der Waals surface area contributed by atoms with E-state index in [-0.39, 0.29) is 10.8 Å². The van der Waals surface area contributed by atoms with E-state index in [1.807, 2.05) is 0 Å². The number of nitrogens with one attached hydrogen (secondary N) is 2. The van der Waals surface area contributed by atoms with Crippen LogP contribution in [-0.2, 0) is 21.2 Å². The Morgan fingerprint density at radius 2 is 1.88 bits per heavy atom. The van der Waals surface area contributed by atoms with Crippen LogP contribution >= 0.6 is 0 Å². The predicted molar refractivity (Wildman–Crippen MR) is 92.8 cm³/mol. The Hall–Kier alpha value is -2.48. The highest BCUT2D eigenvalue weighted by Gasteiger charge is 2.26. The number of benzene rings is 1. The third-order valence-electron chi connectivity index (χ3n) is 4.38. The smallest absolute Gasteiger partial charge is 0.262 e. The van der Waals surface area contributed by atoms with Gasteiger partial charge >= 0.3 is 0 Å². The summed E-state index contributed by atoms with van der Waals surface area (Å²) >= 11 is 0. The van der Waals surface area contributed by atoms with Gasteiger partial charge in [-0.3, -0.25) is 9.52 Å². The zero-order valence-corrected chi connectivity index (χ0v) is 14.3. The van der Waals surface area contributed by atoms with Crippen molar-refractivity contribution in [2.24, 2.45) is 0 Å². The largest absolute Gasteiger partial charge is 0.326 e. The van der Waals surface area contributed by atoms with Crippen LogP contribution < -0.4 is 10.0 Å². The summed E-state index contributed by atoms with van der Waals surface area (Å²) in [7, 11) is -3.73. The first-order valence-corrected chi connectivity index (χ1v) is 9.77. The Balaban J connectivity index is 1.57. The van der Waals surface area contributed by atoms with Gasteiger partial charge in [0.25, 0.3) is 10.0 Å². The van der Waals surface area contributed by atoms with Gasteiger partial charge in [-0.05, 0) is 49.4 Å². The fourth-order valence-electron chi connectivity index (χ4n) is 2.88. The van der Waals surface area contributed by atoms with Crippen molar-refractivity contribution in [2.75, 3.05) is 10.0 Å². The number of nitrogens with zero attached hydrogens (tertiary/aromatic N) is 2. The molecule has 1 aliphatic heterocycles. The Morgan fingerprint density at radius 1 is 1.12 bits per heavy atom. The molecule has 0 atom stereocenters. The lowest BCUT2D eigenvalue weighted by atomic mass is 10.1. The first kappa shape index (κ1) is 16.0. The number of aromatic nitrogens is 2. The molecule has 2 aliphatic rings. The van der Waals surface area contributed by atoms with Crippen LogP contribution in [0.2, 0.25) is 0 Å². The van der Waals surface area contributed by atoms with Crippen LogP contribution in [0.25, 0.3) is 0 Å². The number of anilines is 2. The maximum Gasteiger partial charge on any atom is 0.262 e. The van der Waals surface area contributed by atoms with E-state index < -0.39 is 10.0 Å². The van der Waals surface area contributed by atoms with Crippen LogP contribution in [-0.4, -0.2) is 24.3 Å². The Kier molecular flexibility index (Phi) is 3.91. The topological polar surface area (TPSA) is 101 Å². The summed E-state index contributed by atoms with van der Waals surface area (Å²) < 4.78 is 27.7. The number of aryl methyl sites for hydroxylation is 1. The lowest BCUT2D eigenvalue weighted by Crippen LogP contribution is -2.14. The van der Waals surface area contributed by atoms with Crippen molar-refractivity contribution < 1.29 is 13.2 Å². The average molecular weight is 358 g/mol. The first-order valence-electron chi connectivity index (χ1n) is 8.29. The number of carbonyl (C=O) groups is 1. The van der Waals surface area contributed by atoms with Gasteiger partial charge in [0, 0.05) is 18.0 Å². The molecular weight excluding hydrogens is 340 g/mol. The molecule has 8 heteroatoms. The van der Waals surface area contributed by atoms with E-state index in [0.29, 0.717) is 36.6 Å². The Bertz CT molecular complexity index is 921. The molecule has 2 aromatic rings. The van der Waals surface area contributed by atoms with Crippen molar-refractivity contribution in [3.8, 4) is 0 Å². The fourth-order valence-corrected chi connectivity index (χ4v) is 3.95. The van der Waals surface area contributed by atoms with E-state index in [2.05, 4.69) is 20.0 Å². The summed E-state index contributed by atoms with van der Waals surface area (Å²) in [5, 5.41) is 2.80. The van der Waals surface area contributed by atoms with Gasteiger partial charge < -0.3 is 5.32 Å². The van der Waals surface area contributed by atoms with E-state index in [0.717, 1.165) is 24.2 Å². The minimum Gasteiger partial charge on any atom is -0.326 e. The molecule has 0 bridgehead atoms. The standard InChI is InChI=1S/C17H18N4O3S/c22-16-3-1-2-12-8-14(6-7-15(12)20-16)25(23,24)21-13-9-18-17(19-10-13)11-4-5-11/h6-11,21H,1-5H2,(H,20,22). The van der Waals surface area contributed by atoms with Crippen molar-refractivity contribution in [1.82, 2.24) is 9.97 Å². The Morgan fingerprint density at radius 3 is 2.60 bits per heavy atom. The minimum absolute atomic E-state index is 0.0413. The predicted octanol–water partition coefficient (Wildman–Crippen LogP) is 2.43. The van der Waals surface area contributed by atoms with Crippen molar-refractivity contribution in [2.45, 2.75) is 42.9 Å². The van der Waals surface area contributed by atoms with Crippen LogP contribution in [0.4, 0.5) is 11.4 Å². The lowest BCUT2D eigenvalue weighted by molar-refractivity contribution is -0.116. The fraction of sp³-hybridized carbons (Fsp3) is 0.353. The lowest BCUT2D eigenvalue weighted by Gasteiger charge is -2.11. The highest BCUT2D eigenvalue weighted by molar-refractivity contribution is 7.92. The minimum atomic E-state index is -3.73. The van der Waals surface area contributed by atoms with Gasteiger partial charge in [0.2, 0.25) is 5.91 Å². The maximum absolute atomic E-state index is 12.6. The molecule has 4 rings (SSSR count). The van der Waals surface area contributed by atoms with Crippen molar-refractivity contribution >= 4 is 27.3 Å². The number of amides is 1. The van der Waals surface area contributed by atoms with E-state index >= 15 is 0 Å². The molecule has 1 fully saturated rings. The number of sulfonamides is 1. The quantitative estimate of drug-likeness (QED) is 0.874. The van der Waals surface area contributed by atoms with Crippen molar-refractivity contribution in [1.29, 1.82) is 0 Å². The summed E-state index contributed by atoms with van der Waals surface area (Å²) in [6.07, 6.45) is 7.00. The molecule has 1 aromatic heterocycles. The van der Waals surface area contributed by atoms with Crippen LogP contribution in [0.15, 0.2) is 35.5 Å². The zero-order valence-electron chi connectivity index (χ0n) is 13.5. The molecule has 1 amide bonds. The first-order chi connectivity index (χ1) is 12.0. The number of rotatable bonds is 4. The van der Waals surface area contributed by atoms with Gasteiger partial charge in [-0.1, -0.05) is 0 Å². The van der Waals surface area contributed by atoms with E-state index in [4.69, 9.17) is 0 Å². The van der Waals surface area contributed by atoms with E-state index in [1.165, 1.54) is 18.5 Å². The van der Waals surface area contributed by atoms with Gasteiger partial charge in [0.05, 0.1) is 23.0 Å². The summed E-state index contributed by atoms with van der Waals surface area (Å²) in [5.74, 6) is 1.15. The van der Waals surface area contributed by atoms with Crippen LogP contribution in [0, 0.1) is 0 Å². The monoisotopic (exact) mass is 358 g/mol. The highest BCUT2D eigenvalue weighted by atomic mass is 32.2. The van der Waals surface area contributed by atoms with Crippen molar-refractivity contribution in [3.63, 3.8) is 0 Å². The third-order valence-corrected chi connectivity index (χ3v) is 5.76. The Labute approximate surface area is 145 Å². The maximum atomic E-state index is 12.6. The second-order valence-electron chi connectivity index (χ2n) is 6.43. The molecule has 1 saturated carbocycles. The molecule has 130 valence electrons. The average Bonchev–Trinajstić information content (AvgIpc) is 3.41. The second-order valence-corrected chi connectivity index (χ2v) is 8.11. The molecule has 2 heterocycles. The van der Waals surface area contributed by atoms with E-state index in [1.54, 1.807) is 12.1 Å². The summed E-state index contributed by atoms with van der Waals surface area (Å²) in [6, 6.07) is 4.74. The van der Waals surface area contributed by atoms with Crippen LogP contribution in [0.1, 0.15) is 43.0 Å². The van der Waals surface area contributed by atoms with E-state index in [9.17, 15) is 13.2 Å². The molecule has 1 aromatic carbocycles. The highest BCUT2D eigenvalue weighted by Crippen LogP contribution is 2.37. The molecule has 0 saturated heterocycles. The zero-order chi connectivity index (χ0) is 17.4. The van der Waals surface area contributed by atoms with Gasteiger partial charge in [0.15, 0.2) is 0 Å². The van der Waals surface area contributed by atoms with Gasteiger partial charge in [0.1, 0.15) is 5.82 Å². The number of hydrogen-bond acceptors (Lipinski definition) is 5. The summed E-state index contributed by atoms with van der Waals surface area (Å²) in [5.41, 5.74) is 1.85. The third kappa shape index (κ3) is 3.48. The summed E-state index contributed by atoms with van der Waals surface area (Å²) in [6.45, 7) is 0. The number of fused-ring (bicyclic) bond motifs is 1. The van der Waals surface area contributed by atoms with Gasteiger partial charge in [-0.2, -0.15) is 0 Å². The number of hydrogen-bond donors (Lipinski definition) is 2. The molecule has 1 aliphatic carbocycles.